The van der Waals surface area contributed by atoms with Crippen molar-refractivity contribution in [1.29, 1.82) is 0 Å². The molecule has 0 radical (unpaired) electrons. The van der Waals surface area contributed by atoms with Crippen LogP contribution in [0.2, 0.25) is 0 Å². The van der Waals surface area contributed by atoms with Crippen molar-refractivity contribution in [1.82, 2.24) is 20.1 Å². The van der Waals surface area contributed by atoms with E-state index in [1.807, 2.05) is 22.1 Å². The zero-order chi connectivity index (χ0) is 22.8. The van der Waals surface area contributed by atoms with Gasteiger partial charge in [0.1, 0.15) is 11.4 Å². The largest absolute Gasteiger partial charge is 0.487 e. The van der Waals surface area contributed by atoms with E-state index < -0.39 is 0 Å². The van der Waals surface area contributed by atoms with Crippen molar-refractivity contribution in [3.8, 4) is 16.9 Å². The molecule has 1 aromatic heterocycles. The molecule has 2 amide bonds. The fourth-order valence-electron chi connectivity index (χ4n) is 4.92. The van der Waals surface area contributed by atoms with E-state index in [0.29, 0.717) is 0 Å². The third-order valence-corrected chi connectivity index (χ3v) is 7.04. The molecule has 0 saturated carbocycles. The van der Waals surface area contributed by atoms with Gasteiger partial charge in [0.15, 0.2) is 0 Å². The number of ether oxygens (including phenoxy) is 1. The maximum atomic E-state index is 12.8. The van der Waals surface area contributed by atoms with Gasteiger partial charge in [-0.1, -0.05) is 30.3 Å². The average Bonchev–Trinajstić information content (AvgIpc) is 2.86. The number of fused-ring (bicyclic) bond motifs is 1. The zero-order valence-corrected chi connectivity index (χ0v) is 19.5. The first-order valence-electron chi connectivity index (χ1n) is 11.9. The number of piperazine rings is 1. The highest BCUT2D eigenvalue weighted by molar-refractivity contribution is 5.88. The Morgan fingerprint density at radius 3 is 2.39 bits per heavy atom. The number of aryl methyl sites for hydroxylation is 1. The Labute approximate surface area is 195 Å². The molecule has 6 nitrogen and oxygen atoms in total. The maximum Gasteiger partial charge on any atom is 0.320 e. The Hall–Kier alpha value is -3.12. The number of rotatable bonds is 3. The molecule has 0 aliphatic carbocycles. The minimum Gasteiger partial charge on any atom is -0.487 e. The first kappa shape index (κ1) is 21.7. The van der Waals surface area contributed by atoms with Crippen LogP contribution in [0.25, 0.3) is 22.0 Å². The monoisotopic (exact) mass is 444 g/mol. The topological polar surface area (TPSA) is 57.7 Å². The molecule has 3 heterocycles. The summed E-state index contributed by atoms with van der Waals surface area (Å²) in [6.07, 6.45) is 3.52. The molecule has 2 aliphatic heterocycles. The molecular weight excluding hydrogens is 412 g/mol. The van der Waals surface area contributed by atoms with Gasteiger partial charge < -0.3 is 19.9 Å². The number of hydrogen-bond acceptors (Lipinski definition) is 4. The molecule has 2 aliphatic rings. The minimum atomic E-state index is -0.259. The van der Waals surface area contributed by atoms with Crippen LogP contribution in [-0.2, 0) is 0 Å². The van der Waals surface area contributed by atoms with E-state index in [2.05, 4.69) is 66.6 Å². The summed E-state index contributed by atoms with van der Waals surface area (Å²) in [6.45, 7) is 9.11. The number of piperidine rings is 1. The Morgan fingerprint density at radius 1 is 0.970 bits per heavy atom. The lowest BCUT2D eigenvalue weighted by molar-refractivity contribution is 0.0216. The van der Waals surface area contributed by atoms with Gasteiger partial charge in [0.25, 0.3) is 0 Å². The lowest BCUT2D eigenvalue weighted by Gasteiger charge is -2.41. The van der Waals surface area contributed by atoms with Gasteiger partial charge in [0.2, 0.25) is 0 Å². The van der Waals surface area contributed by atoms with Gasteiger partial charge in [-0.3, -0.25) is 4.98 Å². The summed E-state index contributed by atoms with van der Waals surface area (Å²) in [5, 5.41) is 4.46. The van der Waals surface area contributed by atoms with E-state index in [-0.39, 0.29) is 11.6 Å². The number of hydrogen-bond donors (Lipinski definition) is 1. The fraction of sp³-hybridized carbons (Fsp3) is 0.407. The summed E-state index contributed by atoms with van der Waals surface area (Å²) in [5.74, 6) is 0.875. The quantitative estimate of drug-likeness (QED) is 0.648. The van der Waals surface area contributed by atoms with Gasteiger partial charge in [0.05, 0.1) is 5.52 Å². The molecule has 0 unspecified atom stereocenters. The third-order valence-electron chi connectivity index (χ3n) is 7.04. The van der Waals surface area contributed by atoms with Crippen molar-refractivity contribution in [3.63, 3.8) is 0 Å². The Morgan fingerprint density at radius 2 is 1.67 bits per heavy atom. The second kappa shape index (κ2) is 9.02. The predicted molar refractivity (Wildman–Crippen MR) is 132 cm³/mol. The molecular formula is C27H32N4O2. The first-order chi connectivity index (χ1) is 16.0. The fourth-order valence-corrected chi connectivity index (χ4v) is 4.92. The summed E-state index contributed by atoms with van der Waals surface area (Å²) in [5.41, 5.74) is 4.33. The molecule has 5 rings (SSSR count). The lowest BCUT2D eigenvalue weighted by atomic mass is 9.93. The number of urea groups is 1. The normalized spacial score (nSPS) is 18.4. The van der Waals surface area contributed by atoms with Crippen LogP contribution in [0.5, 0.6) is 5.75 Å². The molecule has 0 spiro atoms. The minimum absolute atomic E-state index is 0.170. The number of nitrogens with zero attached hydrogens (tertiary/aromatic N) is 3. The number of aromatic nitrogens is 1. The van der Waals surface area contributed by atoms with Crippen molar-refractivity contribution in [3.05, 3.63) is 60.3 Å². The first-order valence-corrected chi connectivity index (χ1v) is 11.9. The molecule has 0 bridgehead atoms. The summed E-state index contributed by atoms with van der Waals surface area (Å²) in [7, 11) is 0. The second-order valence-electron chi connectivity index (χ2n) is 9.40. The molecule has 0 atom stereocenters. The average molecular weight is 445 g/mol. The molecule has 3 aromatic rings. The van der Waals surface area contributed by atoms with Crippen molar-refractivity contribution in [2.75, 3.05) is 39.3 Å². The number of pyridine rings is 1. The van der Waals surface area contributed by atoms with Gasteiger partial charge in [-0.15, -0.1) is 0 Å². The molecule has 172 valence electrons. The number of carbonyl (C=O) groups excluding carboxylic acids is 1. The molecule has 33 heavy (non-hydrogen) atoms. The van der Waals surface area contributed by atoms with Gasteiger partial charge in [-0.2, -0.15) is 0 Å². The van der Waals surface area contributed by atoms with Crippen LogP contribution in [0.1, 0.15) is 25.3 Å². The SMILES string of the molecule is Cc1c(-c2ccc(OC3(C)CCN(C(=O)N4CCNCC4)CC3)cc2)ccc2cccnc12. The Kier molecular flexibility index (Phi) is 5.94. The standard InChI is InChI=1S/C27H32N4O2/c1-20-24(10-7-22-4-3-13-29-25(20)22)21-5-8-23(9-6-21)33-27(2)11-16-30(17-12-27)26(32)31-18-14-28-15-19-31/h3-10,13,28H,11-12,14-19H2,1-2H3. The molecule has 2 aromatic carbocycles. The van der Waals surface area contributed by atoms with Crippen molar-refractivity contribution < 1.29 is 9.53 Å². The molecule has 1 N–H and O–H groups in total. The van der Waals surface area contributed by atoms with Crippen LogP contribution >= 0.6 is 0 Å². The smallest absolute Gasteiger partial charge is 0.320 e. The third kappa shape index (κ3) is 4.53. The van der Waals surface area contributed by atoms with E-state index in [1.165, 1.54) is 11.1 Å². The van der Waals surface area contributed by atoms with Crippen LogP contribution < -0.4 is 10.1 Å². The maximum absolute atomic E-state index is 12.8. The van der Waals surface area contributed by atoms with Gasteiger partial charge >= 0.3 is 6.03 Å². The van der Waals surface area contributed by atoms with Crippen molar-refractivity contribution in [2.24, 2.45) is 0 Å². The van der Waals surface area contributed by atoms with Gasteiger partial charge in [-0.25, -0.2) is 4.79 Å². The summed E-state index contributed by atoms with van der Waals surface area (Å²) < 4.78 is 6.43. The van der Waals surface area contributed by atoms with Crippen LogP contribution in [0, 0.1) is 6.92 Å². The summed E-state index contributed by atoms with van der Waals surface area (Å²) in [4.78, 5) is 21.3. The number of likely N-dealkylation sites (tertiary alicyclic amines) is 1. The predicted octanol–water partition coefficient (Wildman–Crippen LogP) is 4.47. The van der Waals surface area contributed by atoms with Crippen LogP contribution in [0.15, 0.2) is 54.7 Å². The second-order valence-corrected chi connectivity index (χ2v) is 9.40. The number of nitrogens with one attached hydrogen (secondary N) is 1. The number of carbonyl (C=O) groups is 1. The highest BCUT2D eigenvalue weighted by Gasteiger charge is 2.35. The van der Waals surface area contributed by atoms with Crippen LogP contribution in [0.3, 0.4) is 0 Å². The van der Waals surface area contributed by atoms with E-state index in [4.69, 9.17) is 4.74 Å². The molecule has 6 heteroatoms. The van der Waals surface area contributed by atoms with E-state index in [0.717, 1.165) is 74.3 Å². The Bertz CT molecular complexity index is 1130. The van der Waals surface area contributed by atoms with Gasteiger partial charge in [-0.05, 0) is 48.7 Å². The van der Waals surface area contributed by atoms with E-state index in [9.17, 15) is 4.79 Å². The van der Waals surface area contributed by atoms with Crippen LogP contribution in [0.4, 0.5) is 4.79 Å². The number of benzene rings is 2. The van der Waals surface area contributed by atoms with Crippen LogP contribution in [-0.4, -0.2) is 65.7 Å². The highest BCUT2D eigenvalue weighted by atomic mass is 16.5. The van der Waals surface area contributed by atoms with E-state index in [1.54, 1.807) is 0 Å². The Balaban J connectivity index is 1.23. The lowest BCUT2D eigenvalue weighted by Crippen LogP contribution is -2.55. The molecule has 2 fully saturated rings. The molecule has 2 saturated heterocycles. The van der Waals surface area contributed by atoms with Gasteiger partial charge in [0, 0.05) is 63.7 Å². The van der Waals surface area contributed by atoms with Crippen molar-refractivity contribution in [2.45, 2.75) is 32.3 Å². The van der Waals surface area contributed by atoms with Crippen molar-refractivity contribution >= 4 is 16.9 Å². The summed E-state index contributed by atoms with van der Waals surface area (Å²) in [6, 6.07) is 16.9. The zero-order valence-electron chi connectivity index (χ0n) is 19.5. The van der Waals surface area contributed by atoms with E-state index >= 15 is 0 Å². The highest BCUT2D eigenvalue weighted by Crippen LogP contribution is 2.32. The summed E-state index contributed by atoms with van der Waals surface area (Å²) >= 11 is 0. The number of amides is 2.